The second-order valence-corrected chi connectivity index (χ2v) is 6.00. The molecule has 3 heteroatoms. The minimum Gasteiger partial charge on any atom is -0.392 e. The number of hydrogen-bond donors (Lipinski definition) is 1. The lowest BCUT2D eigenvalue weighted by molar-refractivity contribution is 0.0905. The standard InChI is InChI=1S/C16H26N2O/c1-4-6-18-7-5-17-16(18)11-15(19)14-9-12(2)8-13(3)10-14/h5,7-8,12,14-15,19H,4,6,9-11H2,1-3H3. The summed E-state index contributed by atoms with van der Waals surface area (Å²) in [5.41, 5.74) is 1.42. The molecule has 1 aromatic heterocycles. The topological polar surface area (TPSA) is 38.0 Å². The zero-order valence-electron chi connectivity index (χ0n) is 12.3. The Balaban J connectivity index is 1.99. The highest BCUT2D eigenvalue weighted by atomic mass is 16.3. The highest BCUT2D eigenvalue weighted by Crippen LogP contribution is 2.31. The van der Waals surface area contributed by atoms with E-state index >= 15 is 0 Å². The van der Waals surface area contributed by atoms with Crippen LogP contribution < -0.4 is 0 Å². The largest absolute Gasteiger partial charge is 0.392 e. The first-order valence-electron chi connectivity index (χ1n) is 7.45. The van der Waals surface area contributed by atoms with E-state index in [-0.39, 0.29) is 6.10 Å². The van der Waals surface area contributed by atoms with E-state index in [2.05, 4.69) is 36.4 Å². The van der Waals surface area contributed by atoms with Crippen LogP contribution in [0.1, 0.15) is 45.9 Å². The first kappa shape index (κ1) is 14.3. The van der Waals surface area contributed by atoms with Crippen molar-refractivity contribution >= 4 is 0 Å². The first-order valence-corrected chi connectivity index (χ1v) is 7.45. The molecule has 0 amide bonds. The van der Waals surface area contributed by atoms with Crippen LogP contribution in [0.2, 0.25) is 0 Å². The Morgan fingerprint density at radius 1 is 1.53 bits per heavy atom. The lowest BCUT2D eigenvalue weighted by Crippen LogP contribution is -2.28. The summed E-state index contributed by atoms with van der Waals surface area (Å²) < 4.78 is 2.16. The summed E-state index contributed by atoms with van der Waals surface area (Å²) in [6, 6.07) is 0. The summed E-state index contributed by atoms with van der Waals surface area (Å²) in [6.45, 7) is 7.56. The van der Waals surface area contributed by atoms with Gasteiger partial charge in [-0.1, -0.05) is 25.5 Å². The van der Waals surface area contributed by atoms with Crippen molar-refractivity contribution in [2.45, 2.75) is 59.1 Å². The maximum atomic E-state index is 10.5. The third-order valence-corrected chi connectivity index (χ3v) is 4.03. The van der Waals surface area contributed by atoms with E-state index in [1.165, 1.54) is 5.57 Å². The number of allylic oxidation sites excluding steroid dienone is 2. The van der Waals surface area contributed by atoms with E-state index in [1.54, 1.807) is 0 Å². The second kappa shape index (κ2) is 6.38. The van der Waals surface area contributed by atoms with Gasteiger partial charge >= 0.3 is 0 Å². The Morgan fingerprint density at radius 2 is 2.32 bits per heavy atom. The zero-order chi connectivity index (χ0) is 13.8. The summed E-state index contributed by atoms with van der Waals surface area (Å²) in [7, 11) is 0. The molecular formula is C16H26N2O. The van der Waals surface area contributed by atoms with Gasteiger partial charge in [0, 0.05) is 25.4 Å². The van der Waals surface area contributed by atoms with Crippen LogP contribution in [0.25, 0.3) is 0 Å². The van der Waals surface area contributed by atoms with Crippen LogP contribution >= 0.6 is 0 Å². The quantitative estimate of drug-likeness (QED) is 0.828. The number of aryl methyl sites for hydroxylation is 1. The molecule has 1 aliphatic rings. The van der Waals surface area contributed by atoms with Crippen LogP contribution in [0.3, 0.4) is 0 Å². The first-order chi connectivity index (χ1) is 9.10. The average Bonchev–Trinajstić information content (AvgIpc) is 2.76. The maximum absolute atomic E-state index is 10.5. The van der Waals surface area contributed by atoms with Crippen molar-refractivity contribution in [3.8, 4) is 0 Å². The molecule has 0 aromatic carbocycles. The van der Waals surface area contributed by atoms with Crippen molar-refractivity contribution in [2.75, 3.05) is 0 Å². The predicted molar refractivity (Wildman–Crippen MR) is 77.9 cm³/mol. The lowest BCUT2D eigenvalue weighted by atomic mass is 9.80. The summed E-state index contributed by atoms with van der Waals surface area (Å²) >= 11 is 0. The fourth-order valence-corrected chi connectivity index (χ4v) is 3.22. The van der Waals surface area contributed by atoms with Crippen LogP contribution in [0, 0.1) is 11.8 Å². The van der Waals surface area contributed by atoms with Crippen LogP contribution in [-0.4, -0.2) is 20.8 Å². The Labute approximate surface area is 116 Å². The predicted octanol–water partition coefficient (Wildman–Crippen LogP) is 3.19. The number of aromatic nitrogens is 2. The molecule has 106 valence electrons. The highest BCUT2D eigenvalue weighted by molar-refractivity contribution is 5.08. The van der Waals surface area contributed by atoms with Gasteiger partial charge in [-0.15, -0.1) is 0 Å². The molecular weight excluding hydrogens is 236 g/mol. The summed E-state index contributed by atoms with van der Waals surface area (Å²) in [4.78, 5) is 4.40. The molecule has 2 rings (SSSR count). The van der Waals surface area contributed by atoms with Crippen LogP contribution in [-0.2, 0) is 13.0 Å². The number of hydrogen-bond acceptors (Lipinski definition) is 2. The molecule has 3 atom stereocenters. The molecule has 19 heavy (non-hydrogen) atoms. The average molecular weight is 262 g/mol. The molecule has 0 saturated carbocycles. The molecule has 0 spiro atoms. The van der Waals surface area contributed by atoms with Gasteiger partial charge in [0.15, 0.2) is 0 Å². The van der Waals surface area contributed by atoms with Gasteiger partial charge in [0.2, 0.25) is 0 Å². The van der Waals surface area contributed by atoms with Gasteiger partial charge in [-0.05, 0) is 38.0 Å². The molecule has 0 aliphatic heterocycles. The number of rotatable bonds is 5. The second-order valence-electron chi connectivity index (χ2n) is 6.00. The molecule has 1 heterocycles. The molecule has 0 bridgehead atoms. The van der Waals surface area contributed by atoms with Crippen molar-refractivity contribution in [1.29, 1.82) is 0 Å². The SMILES string of the molecule is CCCn1ccnc1CC(O)C1CC(C)=CC(C)C1. The number of imidazole rings is 1. The van der Waals surface area contributed by atoms with E-state index in [4.69, 9.17) is 0 Å². The fourth-order valence-electron chi connectivity index (χ4n) is 3.22. The Kier molecular flexibility index (Phi) is 4.81. The summed E-state index contributed by atoms with van der Waals surface area (Å²) in [6.07, 6.45) is 9.81. The molecule has 1 N–H and O–H groups in total. The highest BCUT2D eigenvalue weighted by Gasteiger charge is 2.25. The molecule has 0 fully saturated rings. The molecule has 0 saturated heterocycles. The van der Waals surface area contributed by atoms with Crippen LogP contribution in [0.5, 0.6) is 0 Å². The third kappa shape index (κ3) is 3.69. The number of aliphatic hydroxyl groups is 1. The Morgan fingerprint density at radius 3 is 3.00 bits per heavy atom. The van der Waals surface area contributed by atoms with E-state index < -0.39 is 0 Å². The zero-order valence-corrected chi connectivity index (χ0v) is 12.3. The number of nitrogens with zero attached hydrogens (tertiary/aromatic N) is 2. The summed E-state index contributed by atoms with van der Waals surface area (Å²) in [5.74, 6) is 1.99. The molecule has 1 aliphatic carbocycles. The van der Waals surface area contributed by atoms with Gasteiger partial charge < -0.3 is 9.67 Å². The van der Waals surface area contributed by atoms with E-state index in [9.17, 15) is 5.11 Å². The van der Waals surface area contributed by atoms with Crippen molar-refractivity contribution < 1.29 is 5.11 Å². The normalized spacial score (nSPS) is 25.2. The van der Waals surface area contributed by atoms with Gasteiger partial charge in [-0.3, -0.25) is 0 Å². The summed E-state index contributed by atoms with van der Waals surface area (Å²) in [5, 5.41) is 10.5. The lowest BCUT2D eigenvalue weighted by Gasteiger charge is -2.29. The molecule has 3 nitrogen and oxygen atoms in total. The minimum atomic E-state index is -0.274. The number of aliphatic hydroxyl groups excluding tert-OH is 1. The molecule has 1 aromatic rings. The van der Waals surface area contributed by atoms with Crippen LogP contribution in [0.4, 0.5) is 0 Å². The maximum Gasteiger partial charge on any atom is 0.111 e. The Hall–Kier alpha value is -1.09. The smallest absolute Gasteiger partial charge is 0.111 e. The monoisotopic (exact) mass is 262 g/mol. The van der Waals surface area contributed by atoms with E-state index in [0.717, 1.165) is 31.6 Å². The van der Waals surface area contributed by atoms with E-state index in [0.29, 0.717) is 18.3 Å². The van der Waals surface area contributed by atoms with Crippen LogP contribution in [0.15, 0.2) is 24.0 Å². The van der Waals surface area contributed by atoms with Gasteiger partial charge in [0.05, 0.1) is 6.10 Å². The Bertz CT molecular complexity index is 436. The van der Waals surface area contributed by atoms with E-state index in [1.807, 2.05) is 12.4 Å². The van der Waals surface area contributed by atoms with Gasteiger partial charge in [-0.2, -0.15) is 0 Å². The minimum absolute atomic E-state index is 0.274. The third-order valence-electron chi connectivity index (χ3n) is 4.03. The fraction of sp³-hybridized carbons (Fsp3) is 0.688. The van der Waals surface area contributed by atoms with Gasteiger partial charge in [0.1, 0.15) is 5.82 Å². The van der Waals surface area contributed by atoms with Crippen molar-refractivity contribution in [1.82, 2.24) is 9.55 Å². The molecule has 3 unspecified atom stereocenters. The van der Waals surface area contributed by atoms with Crippen molar-refractivity contribution in [3.05, 3.63) is 29.9 Å². The van der Waals surface area contributed by atoms with Crippen molar-refractivity contribution in [2.24, 2.45) is 11.8 Å². The van der Waals surface area contributed by atoms with Gasteiger partial charge in [0.25, 0.3) is 0 Å². The van der Waals surface area contributed by atoms with Gasteiger partial charge in [-0.25, -0.2) is 4.98 Å². The van der Waals surface area contributed by atoms with Crippen molar-refractivity contribution in [3.63, 3.8) is 0 Å². The molecule has 0 radical (unpaired) electrons.